The molecule has 2 N–H and O–H groups in total. The summed E-state index contributed by atoms with van der Waals surface area (Å²) in [4.78, 5) is 0. The molecule has 0 fully saturated rings. The van der Waals surface area contributed by atoms with Gasteiger partial charge < -0.3 is 5.73 Å². The summed E-state index contributed by atoms with van der Waals surface area (Å²) in [6.07, 6.45) is 3.51. The van der Waals surface area contributed by atoms with Crippen LogP contribution in [0.1, 0.15) is 11.1 Å². The van der Waals surface area contributed by atoms with Crippen molar-refractivity contribution in [2.24, 2.45) is 0 Å². The molecule has 0 spiro atoms. The Balaban J connectivity index is 2.59. The largest absolute Gasteiger partial charge is 0.397 e. The Labute approximate surface area is 119 Å². The van der Waals surface area contributed by atoms with E-state index in [4.69, 9.17) is 5.73 Å². The summed E-state index contributed by atoms with van der Waals surface area (Å²) >= 11 is 0. The number of hydrogen-bond donors (Lipinski definition) is 1. The van der Waals surface area contributed by atoms with E-state index in [1.807, 2.05) is 18.3 Å². The third-order valence-electron chi connectivity index (χ3n) is 2.63. The van der Waals surface area contributed by atoms with Crippen molar-refractivity contribution in [1.29, 1.82) is 5.26 Å². The highest BCUT2D eigenvalue weighted by Gasteiger charge is 2.11. The summed E-state index contributed by atoms with van der Waals surface area (Å²) in [5, 5.41) is 13.4. The maximum Gasteiger partial charge on any atom is 0.129 e. The highest BCUT2D eigenvalue weighted by Crippen LogP contribution is 2.21. The summed E-state index contributed by atoms with van der Waals surface area (Å²) in [5.41, 5.74) is 11.6. The lowest BCUT2D eigenvalue weighted by atomic mass is 10.1. The SMILES string of the molecule is C[Si](C)(C)C#Cc1cc(-n2cccn2)cc(C#N)c1N. The highest BCUT2D eigenvalue weighted by molar-refractivity contribution is 6.83. The standard InChI is InChI=1S/C15H16N4Si/c1-20(2,3)8-5-12-9-14(19-7-4-6-18-19)10-13(11-16)15(12)17/h4,6-7,9-10H,17H2,1-3H3. The molecule has 0 aliphatic rings. The van der Waals surface area contributed by atoms with Crippen LogP contribution in [-0.4, -0.2) is 17.9 Å². The van der Waals surface area contributed by atoms with Crippen molar-refractivity contribution in [2.75, 3.05) is 5.73 Å². The van der Waals surface area contributed by atoms with E-state index in [1.165, 1.54) is 0 Å². The summed E-state index contributed by atoms with van der Waals surface area (Å²) in [7, 11) is -1.50. The molecule has 2 aromatic rings. The minimum Gasteiger partial charge on any atom is -0.397 e. The van der Waals surface area contributed by atoms with E-state index in [0.29, 0.717) is 16.8 Å². The molecule has 0 saturated carbocycles. The fourth-order valence-corrected chi connectivity index (χ4v) is 2.15. The Kier molecular flexibility index (Phi) is 3.65. The summed E-state index contributed by atoms with van der Waals surface area (Å²) in [5.74, 6) is 3.12. The Morgan fingerprint density at radius 2 is 1.95 bits per heavy atom. The molecule has 5 heteroatoms. The molecular formula is C15H16N4Si. The first-order valence-electron chi connectivity index (χ1n) is 6.27. The number of hydrogen-bond acceptors (Lipinski definition) is 3. The van der Waals surface area contributed by atoms with E-state index in [0.717, 1.165) is 5.69 Å². The van der Waals surface area contributed by atoms with Gasteiger partial charge in [0.25, 0.3) is 0 Å². The lowest BCUT2D eigenvalue weighted by Crippen LogP contribution is -2.16. The molecule has 0 saturated heterocycles. The highest BCUT2D eigenvalue weighted by atomic mass is 28.3. The van der Waals surface area contributed by atoms with Crippen molar-refractivity contribution in [2.45, 2.75) is 19.6 Å². The fraction of sp³-hybridized carbons (Fsp3) is 0.200. The predicted octanol–water partition coefficient (Wildman–Crippen LogP) is 2.56. The third-order valence-corrected chi connectivity index (χ3v) is 3.50. The monoisotopic (exact) mass is 280 g/mol. The summed E-state index contributed by atoms with van der Waals surface area (Å²) < 4.78 is 1.69. The first-order valence-corrected chi connectivity index (χ1v) is 9.77. The first-order chi connectivity index (χ1) is 9.40. The molecule has 0 atom stereocenters. The molecule has 0 bridgehead atoms. The van der Waals surface area contributed by atoms with Crippen molar-refractivity contribution >= 4 is 13.8 Å². The molecule has 0 aliphatic carbocycles. The van der Waals surface area contributed by atoms with Crippen molar-refractivity contribution < 1.29 is 0 Å². The van der Waals surface area contributed by atoms with Crippen LogP contribution in [0.2, 0.25) is 19.6 Å². The van der Waals surface area contributed by atoms with E-state index in [1.54, 1.807) is 16.9 Å². The second-order valence-electron chi connectivity index (χ2n) is 5.52. The summed E-state index contributed by atoms with van der Waals surface area (Å²) in [6.45, 7) is 6.50. The zero-order valence-corrected chi connectivity index (χ0v) is 12.8. The molecule has 1 aromatic carbocycles. The minimum atomic E-state index is -1.50. The molecular weight excluding hydrogens is 264 g/mol. The number of benzene rings is 1. The van der Waals surface area contributed by atoms with Gasteiger partial charge in [-0.25, -0.2) is 4.68 Å². The van der Waals surface area contributed by atoms with Gasteiger partial charge in [-0.1, -0.05) is 25.6 Å². The zero-order valence-electron chi connectivity index (χ0n) is 11.8. The Hall–Kier alpha value is -2.50. The smallest absolute Gasteiger partial charge is 0.129 e. The summed E-state index contributed by atoms with van der Waals surface area (Å²) in [6, 6.07) is 7.54. The molecule has 0 radical (unpaired) electrons. The quantitative estimate of drug-likeness (QED) is 0.496. The van der Waals surface area contributed by atoms with Crippen molar-refractivity contribution in [3.63, 3.8) is 0 Å². The number of nitriles is 1. The third kappa shape index (κ3) is 3.08. The number of nitrogen functional groups attached to an aromatic ring is 1. The minimum absolute atomic E-state index is 0.429. The average molecular weight is 280 g/mol. The van der Waals surface area contributed by atoms with Gasteiger partial charge in [0.15, 0.2) is 0 Å². The van der Waals surface area contributed by atoms with Crippen LogP contribution in [0, 0.1) is 22.8 Å². The van der Waals surface area contributed by atoms with Crippen LogP contribution in [-0.2, 0) is 0 Å². The Morgan fingerprint density at radius 1 is 1.25 bits per heavy atom. The topological polar surface area (TPSA) is 67.6 Å². The van der Waals surface area contributed by atoms with E-state index in [-0.39, 0.29) is 0 Å². The van der Waals surface area contributed by atoms with Crippen LogP contribution in [0.5, 0.6) is 0 Å². The van der Waals surface area contributed by atoms with Gasteiger partial charge in [-0.2, -0.15) is 10.4 Å². The number of rotatable bonds is 1. The van der Waals surface area contributed by atoms with E-state index >= 15 is 0 Å². The Bertz CT molecular complexity index is 722. The maximum absolute atomic E-state index is 9.19. The van der Waals surface area contributed by atoms with Gasteiger partial charge in [0.05, 0.1) is 22.5 Å². The van der Waals surface area contributed by atoms with Gasteiger partial charge in [0, 0.05) is 12.4 Å². The van der Waals surface area contributed by atoms with Crippen LogP contribution in [0.25, 0.3) is 5.69 Å². The number of nitrogens with zero attached hydrogens (tertiary/aromatic N) is 3. The van der Waals surface area contributed by atoms with E-state index < -0.39 is 8.07 Å². The van der Waals surface area contributed by atoms with Crippen molar-refractivity contribution in [3.05, 3.63) is 41.7 Å². The van der Waals surface area contributed by atoms with Gasteiger partial charge in [-0.3, -0.25) is 0 Å². The van der Waals surface area contributed by atoms with Crippen LogP contribution in [0.3, 0.4) is 0 Å². The number of aromatic nitrogens is 2. The normalized spacial score (nSPS) is 10.5. The first kappa shape index (κ1) is 13.9. The van der Waals surface area contributed by atoms with Gasteiger partial charge in [0.2, 0.25) is 0 Å². The molecule has 4 nitrogen and oxygen atoms in total. The van der Waals surface area contributed by atoms with Gasteiger partial charge >= 0.3 is 0 Å². The van der Waals surface area contributed by atoms with Crippen LogP contribution >= 0.6 is 0 Å². The van der Waals surface area contributed by atoms with Gasteiger partial charge in [0.1, 0.15) is 14.1 Å². The van der Waals surface area contributed by atoms with E-state index in [2.05, 4.69) is 42.3 Å². The molecule has 2 rings (SSSR count). The lowest BCUT2D eigenvalue weighted by Gasteiger charge is -2.08. The zero-order chi connectivity index (χ0) is 14.8. The van der Waals surface area contributed by atoms with Gasteiger partial charge in [-0.15, -0.1) is 5.54 Å². The average Bonchev–Trinajstić information content (AvgIpc) is 2.90. The van der Waals surface area contributed by atoms with Crippen LogP contribution in [0.15, 0.2) is 30.6 Å². The van der Waals surface area contributed by atoms with Gasteiger partial charge in [-0.05, 0) is 18.2 Å². The molecule has 20 heavy (non-hydrogen) atoms. The molecule has 1 heterocycles. The lowest BCUT2D eigenvalue weighted by molar-refractivity contribution is 0.880. The number of anilines is 1. The van der Waals surface area contributed by atoms with Crippen molar-refractivity contribution in [3.8, 4) is 23.2 Å². The second-order valence-corrected chi connectivity index (χ2v) is 10.3. The van der Waals surface area contributed by atoms with Crippen LogP contribution in [0.4, 0.5) is 5.69 Å². The number of nitrogens with two attached hydrogens (primary N) is 1. The molecule has 1 aromatic heterocycles. The molecule has 0 aliphatic heterocycles. The van der Waals surface area contributed by atoms with Crippen molar-refractivity contribution in [1.82, 2.24) is 9.78 Å². The molecule has 100 valence electrons. The van der Waals surface area contributed by atoms with Crippen LogP contribution < -0.4 is 5.73 Å². The fourth-order valence-electron chi connectivity index (χ4n) is 1.64. The Morgan fingerprint density at radius 3 is 2.50 bits per heavy atom. The predicted molar refractivity (Wildman–Crippen MR) is 82.9 cm³/mol. The molecule has 0 amide bonds. The second kappa shape index (κ2) is 5.24. The molecule has 0 unspecified atom stereocenters. The van der Waals surface area contributed by atoms with E-state index in [9.17, 15) is 5.26 Å². The maximum atomic E-state index is 9.19.